The van der Waals surface area contributed by atoms with Gasteiger partial charge < -0.3 is 10.1 Å². The molecule has 4 bridgehead atoms. The molecule has 0 aromatic carbocycles. The number of carbonyl (C=O) groups is 2. The number of esters is 1. The molecule has 1 aromatic heterocycles. The molecular weight excluding hydrogens is 375 g/mol. The Morgan fingerprint density at radius 3 is 2.35 bits per heavy atom. The van der Waals surface area contributed by atoms with Crippen molar-refractivity contribution in [3.05, 3.63) is 21.8 Å². The Balaban J connectivity index is 1.33. The predicted octanol–water partition coefficient (Wildman–Crippen LogP) is 4.25. The number of hydrogen-bond acceptors (Lipinski definition) is 4. The highest BCUT2D eigenvalue weighted by Gasteiger charge is 2.51. The van der Waals surface area contributed by atoms with Gasteiger partial charge in [0.15, 0.2) is 12.4 Å². The van der Waals surface area contributed by atoms with Crippen molar-refractivity contribution in [3.63, 3.8) is 0 Å². The summed E-state index contributed by atoms with van der Waals surface area (Å²) >= 11 is 12.0. The fraction of sp³-hybridized carbons (Fsp3) is 0.632. The second-order valence-electron chi connectivity index (χ2n) is 8.00. The van der Waals surface area contributed by atoms with Gasteiger partial charge in [0.2, 0.25) is 0 Å². The van der Waals surface area contributed by atoms with Crippen LogP contribution >= 0.6 is 23.2 Å². The van der Waals surface area contributed by atoms with Crippen molar-refractivity contribution in [2.75, 3.05) is 11.9 Å². The smallest absolute Gasteiger partial charge is 0.310 e. The number of aromatic nitrogens is 1. The first-order valence-corrected chi connectivity index (χ1v) is 9.95. The topological polar surface area (TPSA) is 68.3 Å². The minimum Gasteiger partial charge on any atom is -0.455 e. The standard InChI is InChI=1S/C19H22Cl2N2O3/c1-9-14(20)7-15(21)18(22-9)23-16(24)8-26-19(25)17-12-3-10-2-11(5-12)6-13(17)4-10/h7,10-13,17H,2-6,8H2,1H3,(H,22,23,24). The third-order valence-corrected chi connectivity index (χ3v) is 6.88. The van der Waals surface area contributed by atoms with E-state index in [1.165, 1.54) is 12.5 Å². The first-order chi connectivity index (χ1) is 12.4. The first kappa shape index (κ1) is 18.1. The van der Waals surface area contributed by atoms with Crippen LogP contribution in [-0.2, 0) is 14.3 Å². The summed E-state index contributed by atoms with van der Waals surface area (Å²) in [7, 11) is 0. The summed E-state index contributed by atoms with van der Waals surface area (Å²) in [6, 6.07) is 1.53. The van der Waals surface area contributed by atoms with Crippen molar-refractivity contribution in [3.8, 4) is 0 Å². The van der Waals surface area contributed by atoms with Crippen LogP contribution < -0.4 is 5.32 Å². The maximum atomic E-state index is 12.6. The molecule has 5 nitrogen and oxygen atoms in total. The second kappa shape index (κ2) is 7.01. The number of nitrogens with zero attached hydrogens (tertiary/aromatic N) is 1. The molecule has 1 N–H and O–H groups in total. The van der Waals surface area contributed by atoms with E-state index >= 15 is 0 Å². The molecule has 0 spiro atoms. The fourth-order valence-electron chi connectivity index (χ4n) is 5.36. The predicted molar refractivity (Wildman–Crippen MR) is 99.1 cm³/mol. The van der Waals surface area contributed by atoms with E-state index < -0.39 is 5.91 Å². The van der Waals surface area contributed by atoms with Gasteiger partial charge in [-0.25, -0.2) is 4.98 Å². The number of halogens is 2. The van der Waals surface area contributed by atoms with Crippen molar-refractivity contribution in [1.29, 1.82) is 0 Å². The highest BCUT2D eigenvalue weighted by Crippen LogP contribution is 2.56. The zero-order valence-electron chi connectivity index (χ0n) is 14.6. The summed E-state index contributed by atoms with van der Waals surface area (Å²) in [5.74, 6) is 2.00. The van der Waals surface area contributed by atoms with E-state index in [9.17, 15) is 9.59 Å². The van der Waals surface area contributed by atoms with Crippen LogP contribution in [0.1, 0.15) is 37.8 Å². The van der Waals surface area contributed by atoms with Crippen molar-refractivity contribution in [2.45, 2.75) is 39.0 Å². The minimum absolute atomic E-state index is 0.0323. The molecule has 5 rings (SSSR count). The number of pyridine rings is 1. The van der Waals surface area contributed by atoms with Crippen LogP contribution in [0.2, 0.25) is 10.0 Å². The van der Waals surface area contributed by atoms with Gasteiger partial charge in [-0.2, -0.15) is 0 Å². The summed E-state index contributed by atoms with van der Waals surface area (Å²) in [6.07, 6.45) is 5.90. The molecule has 1 aromatic rings. The summed E-state index contributed by atoms with van der Waals surface area (Å²) in [6.45, 7) is 1.40. The zero-order valence-corrected chi connectivity index (χ0v) is 16.1. The summed E-state index contributed by atoms with van der Waals surface area (Å²) in [5.41, 5.74) is 0.567. The minimum atomic E-state index is -0.446. The lowest BCUT2D eigenvalue weighted by molar-refractivity contribution is -0.164. The van der Waals surface area contributed by atoms with Crippen LogP contribution in [0.5, 0.6) is 0 Å². The van der Waals surface area contributed by atoms with Gasteiger partial charge in [0, 0.05) is 0 Å². The van der Waals surface area contributed by atoms with E-state index in [2.05, 4.69) is 10.3 Å². The maximum absolute atomic E-state index is 12.6. The number of hydrogen-bond donors (Lipinski definition) is 1. The molecule has 1 amide bonds. The highest BCUT2D eigenvalue weighted by atomic mass is 35.5. The van der Waals surface area contributed by atoms with E-state index in [1.54, 1.807) is 6.92 Å². The summed E-state index contributed by atoms with van der Waals surface area (Å²) < 4.78 is 5.35. The van der Waals surface area contributed by atoms with Crippen LogP contribution in [0.4, 0.5) is 5.82 Å². The number of amides is 1. The first-order valence-electron chi connectivity index (χ1n) is 9.19. The molecule has 0 atom stereocenters. The van der Waals surface area contributed by atoms with Gasteiger partial charge >= 0.3 is 5.97 Å². The van der Waals surface area contributed by atoms with Gasteiger partial charge in [0.1, 0.15) is 0 Å². The third-order valence-electron chi connectivity index (χ3n) is 6.21. The Hall–Kier alpha value is -1.33. The van der Waals surface area contributed by atoms with Gasteiger partial charge in [-0.05, 0) is 68.8 Å². The molecule has 4 saturated carbocycles. The Bertz CT molecular complexity index is 725. The zero-order chi connectivity index (χ0) is 18.4. The van der Waals surface area contributed by atoms with E-state index in [0.717, 1.165) is 37.5 Å². The van der Waals surface area contributed by atoms with E-state index in [1.807, 2.05) is 0 Å². The molecule has 7 heteroatoms. The number of anilines is 1. The molecule has 140 valence electrons. The Kier molecular flexibility index (Phi) is 4.86. The van der Waals surface area contributed by atoms with Crippen molar-refractivity contribution >= 4 is 40.9 Å². The highest BCUT2D eigenvalue weighted by molar-refractivity contribution is 6.36. The molecule has 0 aliphatic heterocycles. The number of ether oxygens (including phenoxy) is 1. The van der Waals surface area contributed by atoms with E-state index in [-0.39, 0.29) is 29.3 Å². The summed E-state index contributed by atoms with van der Waals surface area (Å²) in [4.78, 5) is 28.9. The van der Waals surface area contributed by atoms with Gasteiger partial charge in [-0.3, -0.25) is 9.59 Å². The van der Waals surface area contributed by atoms with E-state index in [4.69, 9.17) is 27.9 Å². The van der Waals surface area contributed by atoms with Gasteiger partial charge in [-0.1, -0.05) is 23.2 Å². The van der Waals surface area contributed by atoms with E-state index in [0.29, 0.717) is 22.6 Å². The molecule has 1 heterocycles. The quantitative estimate of drug-likeness (QED) is 0.772. The van der Waals surface area contributed by atoms with Gasteiger partial charge in [0.25, 0.3) is 5.91 Å². The summed E-state index contributed by atoms with van der Waals surface area (Å²) in [5, 5.41) is 3.27. The number of nitrogens with one attached hydrogen (secondary N) is 1. The SMILES string of the molecule is Cc1nc(NC(=O)COC(=O)C2C3CC4CC(C3)CC2C4)c(Cl)cc1Cl. The lowest BCUT2D eigenvalue weighted by Gasteiger charge is -2.53. The molecular formula is C19H22Cl2N2O3. The van der Waals surface area contributed by atoms with Crippen molar-refractivity contribution in [1.82, 2.24) is 4.98 Å². The lowest BCUT2D eigenvalue weighted by atomic mass is 9.52. The van der Waals surface area contributed by atoms with Crippen LogP contribution in [0.25, 0.3) is 0 Å². The third kappa shape index (κ3) is 3.44. The van der Waals surface area contributed by atoms with Crippen LogP contribution in [0, 0.1) is 36.5 Å². The Morgan fingerprint density at radius 2 is 1.73 bits per heavy atom. The van der Waals surface area contributed by atoms with Gasteiger partial charge in [-0.15, -0.1) is 0 Å². The largest absolute Gasteiger partial charge is 0.455 e. The fourth-order valence-corrected chi connectivity index (χ4v) is 5.76. The average molecular weight is 397 g/mol. The number of aryl methyl sites for hydroxylation is 1. The van der Waals surface area contributed by atoms with Crippen molar-refractivity contribution < 1.29 is 14.3 Å². The van der Waals surface area contributed by atoms with Crippen LogP contribution in [0.3, 0.4) is 0 Å². The molecule has 4 aliphatic rings. The Labute approximate surface area is 162 Å². The maximum Gasteiger partial charge on any atom is 0.310 e. The van der Waals surface area contributed by atoms with Gasteiger partial charge in [0.05, 0.1) is 21.7 Å². The molecule has 0 unspecified atom stereocenters. The molecule has 4 fully saturated rings. The average Bonchev–Trinajstić information content (AvgIpc) is 2.57. The van der Waals surface area contributed by atoms with Crippen molar-refractivity contribution in [2.24, 2.45) is 29.6 Å². The lowest BCUT2D eigenvalue weighted by Crippen LogP contribution is -2.48. The molecule has 4 aliphatic carbocycles. The van der Waals surface area contributed by atoms with Crippen LogP contribution in [0.15, 0.2) is 6.07 Å². The number of rotatable bonds is 4. The molecule has 0 saturated heterocycles. The monoisotopic (exact) mass is 396 g/mol. The second-order valence-corrected chi connectivity index (χ2v) is 8.81. The normalized spacial score (nSPS) is 31.7. The number of carbonyl (C=O) groups excluding carboxylic acids is 2. The van der Waals surface area contributed by atoms with Crippen LogP contribution in [-0.4, -0.2) is 23.5 Å². The Morgan fingerprint density at radius 1 is 1.12 bits per heavy atom. The molecule has 26 heavy (non-hydrogen) atoms. The molecule has 0 radical (unpaired) electrons.